The van der Waals surface area contributed by atoms with E-state index in [0.29, 0.717) is 6.54 Å². The molecule has 2 aliphatic heterocycles. The number of hydrogen-bond acceptors (Lipinski definition) is 5. The Hall–Kier alpha value is -0.460. The molecule has 5 nitrogen and oxygen atoms in total. The maximum Gasteiger partial charge on any atom is 0.154 e. The fourth-order valence-electron chi connectivity index (χ4n) is 2.66. The van der Waals surface area contributed by atoms with Crippen LogP contribution in [-0.2, 0) is 14.6 Å². The highest BCUT2D eigenvalue weighted by Gasteiger charge is 2.42. The summed E-state index contributed by atoms with van der Waals surface area (Å²) in [5, 5.41) is 9.75. The van der Waals surface area contributed by atoms with Crippen LogP contribution in [-0.4, -0.2) is 60.9 Å². The van der Waals surface area contributed by atoms with Crippen LogP contribution < -0.4 is 0 Å². The first kappa shape index (κ1) is 12.0. The molecule has 3 atom stereocenters. The lowest BCUT2D eigenvalue weighted by molar-refractivity contribution is -0.115. The topological polar surface area (TPSA) is 74.7 Å². The van der Waals surface area contributed by atoms with Crippen molar-refractivity contribution in [2.24, 2.45) is 0 Å². The molecule has 0 aromatic heterocycles. The predicted molar refractivity (Wildman–Crippen MR) is 58.9 cm³/mol. The monoisotopic (exact) mass is 247 g/mol. The molecule has 2 fully saturated rings. The molecule has 6 heteroatoms. The molecule has 0 aromatic rings. The zero-order valence-corrected chi connectivity index (χ0v) is 9.90. The minimum absolute atomic E-state index is 0.0154. The summed E-state index contributed by atoms with van der Waals surface area (Å²) in [5.74, 6) is -0.182. The normalized spacial score (nSPS) is 39.7. The van der Waals surface area contributed by atoms with Crippen LogP contribution in [0.1, 0.15) is 19.3 Å². The molecule has 2 rings (SSSR count). The van der Waals surface area contributed by atoms with Crippen molar-refractivity contribution in [2.75, 3.05) is 18.1 Å². The van der Waals surface area contributed by atoms with Crippen molar-refractivity contribution >= 4 is 16.1 Å². The fraction of sp³-hybridized carbons (Fsp3) is 0.900. The molecule has 1 N–H and O–H groups in total. The molecule has 0 aliphatic carbocycles. The van der Waals surface area contributed by atoms with E-state index in [9.17, 15) is 18.3 Å². The first-order valence-corrected chi connectivity index (χ1v) is 7.45. The fourth-order valence-corrected chi connectivity index (χ4v) is 4.48. The minimum atomic E-state index is -3.13. The summed E-state index contributed by atoms with van der Waals surface area (Å²) >= 11 is 0. The summed E-state index contributed by atoms with van der Waals surface area (Å²) in [7, 11) is -3.13. The summed E-state index contributed by atoms with van der Waals surface area (Å²) in [6, 6.07) is -0.609. The molecular formula is C10H17NO4S. The Balaban J connectivity index is 2.14. The Kier molecular flexibility index (Phi) is 3.32. The molecule has 2 heterocycles. The number of nitrogens with zero attached hydrogens (tertiary/aromatic N) is 1. The van der Waals surface area contributed by atoms with E-state index in [-0.39, 0.29) is 23.6 Å². The first-order valence-electron chi connectivity index (χ1n) is 5.63. The van der Waals surface area contributed by atoms with Crippen molar-refractivity contribution < 1.29 is 18.3 Å². The molecule has 0 saturated carbocycles. The van der Waals surface area contributed by atoms with Crippen molar-refractivity contribution in [3.63, 3.8) is 0 Å². The van der Waals surface area contributed by atoms with Gasteiger partial charge in [0.25, 0.3) is 0 Å². The van der Waals surface area contributed by atoms with E-state index < -0.39 is 15.9 Å². The third kappa shape index (κ3) is 2.28. The number of rotatable bonds is 2. The van der Waals surface area contributed by atoms with Crippen LogP contribution >= 0.6 is 0 Å². The summed E-state index contributed by atoms with van der Waals surface area (Å²) in [4.78, 5) is 12.8. The minimum Gasteiger partial charge on any atom is -0.390 e. The second kappa shape index (κ2) is 4.43. The van der Waals surface area contributed by atoms with Gasteiger partial charge in [0, 0.05) is 0 Å². The molecule has 2 saturated heterocycles. The Bertz CT molecular complexity index is 367. The maximum absolute atomic E-state index is 11.4. The van der Waals surface area contributed by atoms with Gasteiger partial charge in [0.05, 0.1) is 29.7 Å². The highest BCUT2D eigenvalue weighted by Crippen LogP contribution is 2.25. The van der Waals surface area contributed by atoms with Crippen molar-refractivity contribution in [2.45, 2.75) is 37.5 Å². The van der Waals surface area contributed by atoms with Crippen molar-refractivity contribution in [3.8, 4) is 0 Å². The van der Waals surface area contributed by atoms with Crippen LogP contribution in [0.4, 0.5) is 0 Å². The Morgan fingerprint density at radius 2 is 2.00 bits per heavy atom. The Morgan fingerprint density at radius 1 is 1.25 bits per heavy atom. The van der Waals surface area contributed by atoms with Crippen molar-refractivity contribution in [3.05, 3.63) is 0 Å². The number of carbonyl (C=O) groups excluding carboxylic acids is 1. The molecule has 3 unspecified atom stereocenters. The van der Waals surface area contributed by atoms with E-state index >= 15 is 0 Å². The molecule has 92 valence electrons. The molecule has 0 aromatic carbocycles. The third-order valence-electron chi connectivity index (χ3n) is 3.47. The van der Waals surface area contributed by atoms with E-state index in [2.05, 4.69) is 0 Å². The number of aliphatic hydroxyl groups is 1. The largest absolute Gasteiger partial charge is 0.390 e. The summed E-state index contributed by atoms with van der Waals surface area (Å²) < 4.78 is 22.8. The second-order valence-electron chi connectivity index (χ2n) is 4.65. The van der Waals surface area contributed by atoms with Gasteiger partial charge in [-0.2, -0.15) is 0 Å². The zero-order valence-electron chi connectivity index (χ0n) is 9.08. The summed E-state index contributed by atoms with van der Waals surface area (Å²) in [6.07, 6.45) is 2.76. The van der Waals surface area contributed by atoms with Gasteiger partial charge >= 0.3 is 0 Å². The number of piperidine rings is 1. The number of aliphatic hydroxyl groups excluding tert-OH is 1. The van der Waals surface area contributed by atoms with Gasteiger partial charge in [0.1, 0.15) is 6.29 Å². The lowest BCUT2D eigenvalue weighted by atomic mass is 9.99. The molecule has 16 heavy (non-hydrogen) atoms. The van der Waals surface area contributed by atoms with Gasteiger partial charge in [-0.1, -0.05) is 6.42 Å². The van der Waals surface area contributed by atoms with Crippen LogP contribution in [0.5, 0.6) is 0 Å². The number of sulfone groups is 1. The predicted octanol–water partition coefficient (Wildman–Crippen LogP) is -0.802. The highest BCUT2D eigenvalue weighted by molar-refractivity contribution is 7.91. The second-order valence-corrected chi connectivity index (χ2v) is 6.80. The van der Waals surface area contributed by atoms with Crippen molar-refractivity contribution in [1.29, 1.82) is 0 Å². The van der Waals surface area contributed by atoms with E-state index in [0.717, 1.165) is 25.5 Å². The first-order chi connectivity index (χ1) is 7.53. The van der Waals surface area contributed by atoms with Gasteiger partial charge in [-0.05, 0) is 19.4 Å². The third-order valence-corrected chi connectivity index (χ3v) is 5.17. The standard InChI is InChI=1S/C10H17NO4S/c12-5-8-3-1-2-4-11(8)9-6-16(14,15)7-10(9)13/h5,8-10,13H,1-4,6-7H2. The van der Waals surface area contributed by atoms with E-state index in [1.807, 2.05) is 4.90 Å². The maximum atomic E-state index is 11.4. The average molecular weight is 247 g/mol. The zero-order chi connectivity index (χ0) is 11.8. The SMILES string of the molecule is O=CC1CCCCN1C1CS(=O)(=O)CC1O. The molecule has 0 radical (unpaired) electrons. The van der Waals surface area contributed by atoms with Gasteiger partial charge < -0.3 is 9.90 Å². The Morgan fingerprint density at radius 3 is 2.56 bits per heavy atom. The van der Waals surface area contributed by atoms with Crippen LogP contribution in [0.2, 0.25) is 0 Å². The van der Waals surface area contributed by atoms with E-state index in [1.165, 1.54) is 0 Å². The number of carbonyl (C=O) groups is 1. The van der Waals surface area contributed by atoms with Gasteiger partial charge in [-0.25, -0.2) is 8.42 Å². The molecule has 2 aliphatic rings. The summed E-state index contributed by atoms with van der Waals surface area (Å²) in [5.41, 5.74) is 0. The van der Waals surface area contributed by atoms with Gasteiger partial charge in [0.15, 0.2) is 9.84 Å². The number of hydrogen-bond donors (Lipinski definition) is 1. The number of likely N-dealkylation sites (tertiary alicyclic amines) is 1. The van der Waals surface area contributed by atoms with Crippen LogP contribution in [0, 0.1) is 0 Å². The lowest BCUT2D eigenvalue weighted by Crippen LogP contribution is -2.51. The van der Waals surface area contributed by atoms with E-state index in [4.69, 9.17) is 0 Å². The molecule has 0 spiro atoms. The molecular weight excluding hydrogens is 230 g/mol. The van der Waals surface area contributed by atoms with Crippen molar-refractivity contribution in [1.82, 2.24) is 4.90 Å². The van der Waals surface area contributed by atoms with Gasteiger partial charge in [-0.3, -0.25) is 4.90 Å². The lowest BCUT2D eigenvalue weighted by Gasteiger charge is -2.37. The van der Waals surface area contributed by atoms with E-state index in [1.54, 1.807) is 0 Å². The van der Waals surface area contributed by atoms with Crippen LogP contribution in [0.3, 0.4) is 0 Å². The number of aldehydes is 1. The average Bonchev–Trinajstić information content (AvgIpc) is 2.52. The van der Waals surface area contributed by atoms with Gasteiger partial charge in [0.2, 0.25) is 0 Å². The quantitative estimate of drug-likeness (QED) is 0.646. The van der Waals surface area contributed by atoms with Crippen LogP contribution in [0.25, 0.3) is 0 Å². The summed E-state index contributed by atoms with van der Waals surface area (Å²) in [6.45, 7) is 0.709. The van der Waals surface area contributed by atoms with Crippen LogP contribution in [0.15, 0.2) is 0 Å². The van der Waals surface area contributed by atoms with Gasteiger partial charge in [-0.15, -0.1) is 0 Å². The highest BCUT2D eigenvalue weighted by atomic mass is 32.2. The smallest absolute Gasteiger partial charge is 0.154 e. The molecule has 0 bridgehead atoms. The molecule has 0 amide bonds. The Labute approximate surface area is 95.4 Å².